The minimum Gasteiger partial charge on any atom is -0.485 e. The first kappa shape index (κ1) is 22.3. The monoisotopic (exact) mass is 450 g/mol. The van der Waals surface area contributed by atoms with Crippen molar-refractivity contribution in [2.24, 2.45) is 0 Å². The van der Waals surface area contributed by atoms with Gasteiger partial charge in [-0.1, -0.05) is 25.1 Å². The van der Waals surface area contributed by atoms with Gasteiger partial charge in [0.1, 0.15) is 23.9 Å². The van der Waals surface area contributed by atoms with Crippen LogP contribution >= 0.6 is 0 Å². The SMILES string of the molecule is CCc1ccc(NNC(=O)c2c(C)nc3c(OCc4c(F)cccc4F)cc(C)cn23)cc1. The highest BCUT2D eigenvalue weighted by Gasteiger charge is 2.20. The minimum absolute atomic E-state index is 0.170. The lowest BCUT2D eigenvalue weighted by molar-refractivity contribution is 0.0956. The summed E-state index contributed by atoms with van der Waals surface area (Å²) >= 11 is 0. The van der Waals surface area contributed by atoms with Crippen molar-refractivity contribution in [2.75, 3.05) is 5.43 Å². The summed E-state index contributed by atoms with van der Waals surface area (Å²) in [4.78, 5) is 17.4. The number of nitrogens with zero attached hydrogens (tertiary/aromatic N) is 2. The number of fused-ring (bicyclic) bond motifs is 1. The Morgan fingerprint density at radius 1 is 1.09 bits per heavy atom. The molecule has 6 nitrogen and oxygen atoms in total. The molecule has 0 saturated heterocycles. The molecule has 0 aliphatic heterocycles. The van der Waals surface area contributed by atoms with Crippen molar-refractivity contribution in [3.63, 3.8) is 0 Å². The summed E-state index contributed by atoms with van der Waals surface area (Å²) in [5.74, 6) is -1.42. The summed E-state index contributed by atoms with van der Waals surface area (Å²) < 4.78 is 35.3. The molecule has 170 valence electrons. The van der Waals surface area contributed by atoms with Crippen LogP contribution in [0.15, 0.2) is 54.7 Å². The third-order valence-corrected chi connectivity index (χ3v) is 5.33. The Bertz CT molecular complexity index is 1300. The van der Waals surface area contributed by atoms with E-state index >= 15 is 0 Å². The molecular weight excluding hydrogens is 426 g/mol. The lowest BCUT2D eigenvalue weighted by Crippen LogP contribution is -2.30. The topological polar surface area (TPSA) is 67.7 Å². The molecule has 2 heterocycles. The Balaban J connectivity index is 1.58. The van der Waals surface area contributed by atoms with E-state index < -0.39 is 11.6 Å². The van der Waals surface area contributed by atoms with Gasteiger partial charge < -0.3 is 4.74 Å². The Morgan fingerprint density at radius 2 is 1.79 bits per heavy atom. The molecular formula is C25H24F2N4O2. The normalized spacial score (nSPS) is 10.9. The number of nitrogens with one attached hydrogen (secondary N) is 2. The zero-order chi connectivity index (χ0) is 23.5. The van der Waals surface area contributed by atoms with Crippen molar-refractivity contribution in [3.05, 3.63) is 94.4 Å². The van der Waals surface area contributed by atoms with Crippen LogP contribution in [-0.2, 0) is 13.0 Å². The average Bonchev–Trinajstić information content (AvgIpc) is 3.13. The molecule has 0 spiro atoms. The van der Waals surface area contributed by atoms with Crippen molar-refractivity contribution >= 4 is 17.2 Å². The Kier molecular flexibility index (Phi) is 6.26. The van der Waals surface area contributed by atoms with Gasteiger partial charge in [0, 0.05) is 6.20 Å². The molecule has 0 aliphatic rings. The first-order valence-electron chi connectivity index (χ1n) is 10.6. The van der Waals surface area contributed by atoms with E-state index in [9.17, 15) is 13.6 Å². The number of aryl methyl sites for hydroxylation is 3. The number of benzene rings is 2. The number of carbonyl (C=O) groups excluding carboxylic acids is 1. The van der Waals surface area contributed by atoms with Crippen LogP contribution in [0.2, 0.25) is 0 Å². The first-order chi connectivity index (χ1) is 15.9. The largest absolute Gasteiger partial charge is 0.485 e. The van der Waals surface area contributed by atoms with Gasteiger partial charge in [-0.25, -0.2) is 13.8 Å². The van der Waals surface area contributed by atoms with Gasteiger partial charge in [-0.2, -0.15) is 0 Å². The van der Waals surface area contributed by atoms with Gasteiger partial charge >= 0.3 is 0 Å². The van der Waals surface area contributed by atoms with Crippen LogP contribution < -0.4 is 15.6 Å². The van der Waals surface area contributed by atoms with Crippen LogP contribution in [-0.4, -0.2) is 15.3 Å². The highest BCUT2D eigenvalue weighted by Crippen LogP contribution is 2.26. The summed E-state index contributed by atoms with van der Waals surface area (Å²) in [6.07, 6.45) is 2.69. The third kappa shape index (κ3) is 4.64. The summed E-state index contributed by atoms with van der Waals surface area (Å²) in [6, 6.07) is 13.1. The Hall–Kier alpha value is -3.94. The molecule has 0 aliphatic carbocycles. The number of rotatable bonds is 7. The maximum absolute atomic E-state index is 14.0. The number of hydrazine groups is 1. The van der Waals surface area contributed by atoms with Crippen LogP contribution in [0.5, 0.6) is 5.75 Å². The van der Waals surface area contributed by atoms with Crippen molar-refractivity contribution in [2.45, 2.75) is 33.8 Å². The quantitative estimate of drug-likeness (QED) is 0.383. The molecule has 8 heteroatoms. The second kappa shape index (κ2) is 9.28. The molecule has 4 aromatic rings. The van der Waals surface area contributed by atoms with Crippen LogP contribution in [0.4, 0.5) is 14.5 Å². The smallest absolute Gasteiger partial charge is 0.288 e. The van der Waals surface area contributed by atoms with Crippen LogP contribution in [0, 0.1) is 25.5 Å². The van der Waals surface area contributed by atoms with Crippen LogP contribution in [0.25, 0.3) is 5.65 Å². The van der Waals surface area contributed by atoms with E-state index in [1.165, 1.54) is 23.8 Å². The lowest BCUT2D eigenvalue weighted by Gasteiger charge is -2.12. The highest BCUT2D eigenvalue weighted by atomic mass is 19.1. The minimum atomic E-state index is -0.684. The Labute approximate surface area is 190 Å². The van der Waals surface area contributed by atoms with E-state index in [2.05, 4.69) is 22.8 Å². The molecule has 4 rings (SSSR count). The summed E-state index contributed by atoms with van der Waals surface area (Å²) in [7, 11) is 0. The second-order valence-electron chi connectivity index (χ2n) is 7.74. The number of aromatic nitrogens is 2. The lowest BCUT2D eigenvalue weighted by atomic mass is 10.2. The third-order valence-electron chi connectivity index (χ3n) is 5.33. The summed E-state index contributed by atoms with van der Waals surface area (Å²) in [5, 5.41) is 0. The summed E-state index contributed by atoms with van der Waals surface area (Å²) in [5.41, 5.74) is 9.37. The first-order valence-corrected chi connectivity index (χ1v) is 10.6. The Morgan fingerprint density at radius 3 is 2.45 bits per heavy atom. The molecule has 2 N–H and O–H groups in total. The van der Waals surface area contributed by atoms with Gasteiger partial charge in [0.05, 0.1) is 16.9 Å². The van der Waals surface area contributed by atoms with Gasteiger partial charge in [-0.05, 0) is 61.7 Å². The van der Waals surface area contributed by atoms with Crippen molar-refractivity contribution in [1.29, 1.82) is 0 Å². The molecule has 0 atom stereocenters. The van der Waals surface area contributed by atoms with Crippen molar-refractivity contribution < 1.29 is 18.3 Å². The van der Waals surface area contributed by atoms with E-state index in [0.717, 1.165) is 17.7 Å². The fourth-order valence-corrected chi connectivity index (χ4v) is 3.57. The number of hydrogen-bond donors (Lipinski definition) is 2. The number of hydrogen-bond acceptors (Lipinski definition) is 4. The number of ether oxygens (including phenoxy) is 1. The molecule has 0 bridgehead atoms. The maximum Gasteiger partial charge on any atom is 0.288 e. The van der Waals surface area contributed by atoms with Gasteiger partial charge in [-0.3, -0.25) is 20.0 Å². The second-order valence-corrected chi connectivity index (χ2v) is 7.74. The summed E-state index contributed by atoms with van der Waals surface area (Å²) in [6.45, 7) is 5.32. The fraction of sp³-hybridized carbons (Fsp3) is 0.200. The van der Waals surface area contributed by atoms with Gasteiger partial charge in [0.15, 0.2) is 11.4 Å². The molecule has 33 heavy (non-hydrogen) atoms. The predicted molar refractivity (Wildman–Crippen MR) is 122 cm³/mol. The molecule has 1 amide bonds. The van der Waals surface area contributed by atoms with Crippen LogP contribution in [0.3, 0.4) is 0 Å². The van der Waals surface area contributed by atoms with Gasteiger partial charge in [0.2, 0.25) is 0 Å². The number of carbonyl (C=O) groups is 1. The number of halogens is 2. The van der Waals surface area contributed by atoms with E-state index in [0.29, 0.717) is 22.8 Å². The molecule has 0 unspecified atom stereocenters. The van der Waals surface area contributed by atoms with Crippen molar-refractivity contribution in [3.8, 4) is 5.75 Å². The predicted octanol–water partition coefficient (Wildman–Crippen LogP) is 5.13. The molecule has 0 radical (unpaired) electrons. The van der Waals surface area contributed by atoms with Gasteiger partial charge in [-0.15, -0.1) is 0 Å². The van der Waals surface area contributed by atoms with Gasteiger partial charge in [0.25, 0.3) is 5.91 Å². The average molecular weight is 450 g/mol. The van der Waals surface area contributed by atoms with E-state index in [1.807, 2.05) is 31.2 Å². The number of imidazole rings is 1. The standard InChI is InChI=1S/C25H24F2N4O2/c1-4-17-8-10-18(11-9-17)29-30-25(32)23-16(3)28-24-22(12-15(2)13-31(23)24)33-14-19-20(26)6-5-7-21(19)27/h5-13,29H,4,14H2,1-3H3,(H,30,32). The molecule has 2 aromatic carbocycles. The zero-order valence-corrected chi connectivity index (χ0v) is 18.6. The van der Waals surface area contributed by atoms with Crippen molar-refractivity contribution in [1.82, 2.24) is 14.8 Å². The van der Waals surface area contributed by atoms with E-state index in [1.54, 1.807) is 23.6 Å². The van der Waals surface area contributed by atoms with Crippen LogP contribution in [0.1, 0.15) is 39.8 Å². The molecule has 2 aromatic heterocycles. The fourth-order valence-electron chi connectivity index (χ4n) is 3.57. The highest BCUT2D eigenvalue weighted by molar-refractivity contribution is 5.95. The zero-order valence-electron chi connectivity index (χ0n) is 18.6. The molecule has 0 fully saturated rings. The molecule has 0 saturated carbocycles. The number of pyridine rings is 1. The number of anilines is 1. The number of amides is 1. The maximum atomic E-state index is 14.0. The van der Waals surface area contributed by atoms with E-state index in [4.69, 9.17) is 4.74 Å². The van der Waals surface area contributed by atoms with E-state index in [-0.39, 0.29) is 18.1 Å².